The van der Waals surface area contributed by atoms with Crippen LogP contribution in [-0.4, -0.2) is 30.5 Å². The number of methoxy groups -OCH3 is 1. The van der Waals surface area contributed by atoms with Gasteiger partial charge >= 0.3 is 11.9 Å². The van der Waals surface area contributed by atoms with E-state index in [1.165, 1.54) is 7.11 Å². The number of ether oxygens (including phenoxy) is 1. The minimum Gasteiger partial charge on any atom is -0.462 e. The van der Waals surface area contributed by atoms with Crippen LogP contribution in [0.2, 0.25) is 0 Å². The SMILES string of the molecule is COC(=O)C(=O)NCCc1csc(C)n1. The molecule has 0 saturated carbocycles. The van der Waals surface area contributed by atoms with E-state index in [4.69, 9.17) is 0 Å². The molecule has 5 nitrogen and oxygen atoms in total. The Kier molecular flexibility index (Phi) is 4.23. The first-order chi connectivity index (χ1) is 7.13. The summed E-state index contributed by atoms with van der Waals surface area (Å²) in [5, 5.41) is 5.36. The normalized spacial score (nSPS) is 9.73. The second kappa shape index (κ2) is 5.45. The van der Waals surface area contributed by atoms with E-state index in [-0.39, 0.29) is 0 Å². The van der Waals surface area contributed by atoms with Crippen LogP contribution in [0.1, 0.15) is 10.7 Å². The molecule has 0 aromatic carbocycles. The van der Waals surface area contributed by atoms with Gasteiger partial charge in [-0.15, -0.1) is 11.3 Å². The molecule has 1 rings (SSSR count). The Balaban J connectivity index is 2.27. The highest BCUT2D eigenvalue weighted by Gasteiger charge is 2.12. The molecule has 0 aliphatic rings. The number of esters is 1. The van der Waals surface area contributed by atoms with E-state index >= 15 is 0 Å². The van der Waals surface area contributed by atoms with E-state index in [1.54, 1.807) is 11.3 Å². The molecular weight excluding hydrogens is 216 g/mol. The molecule has 0 bridgehead atoms. The monoisotopic (exact) mass is 228 g/mol. The first-order valence-corrected chi connectivity index (χ1v) is 5.28. The number of hydrogen-bond donors (Lipinski definition) is 1. The average Bonchev–Trinajstić information content (AvgIpc) is 2.63. The Hall–Kier alpha value is -1.43. The van der Waals surface area contributed by atoms with Gasteiger partial charge in [0.15, 0.2) is 0 Å². The van der Waals surface area contributed by atoms with Crippen molar-refractivity contribution in [2.75, 3.05) is 13.7 Å². The summed E-state index contributed by atoms with van der Waals surface area (Å²) in [6.07, 6.45) is 0.618. The molecule has 82 valence electrons. The van der Waals surface area contributed by atoms with Crippen LogP contribution in [0, 0.1) is 6.92 Å². The van der Waals surface area contributed by atoms with Crippen LogP contribution in [0.3, 0.4) is 0 Å². The predicted molar refractivity (Wildman–Crippen MR) is 55.6 cm³/mol. The zero-order valence-electron chi connectivity index (χ0n) is 8.57. The number of nitrogens with one attached hydrogen (secondary N) is 1. The second-order valence-electron chi connectivity index (χ2n) is 2.86. The summed E-state index contributed by atoms with van der Waals surface area (Å²) in [7, 11) is 1.17. The molecule has 0 fully saturated rings. The van der Waals surface area contributed by atoms with Crippen LogP contribution in [0.5, 0.6) is 0 Å². The largest absolute Gasteiger partial charge is 0.462 e. The highest BCUT2D eigenvalue weighted by atomic mass is 32.1. The molecule has 0 unspecified atom stereocenters. The van der Waals surface area contributed by atoms with Gasteiger partial charge in [-0.1, -0.05) is 0 Å². The van der Waals surface area contributed by atoms with E-state index < -0.39 is 11.9 Å². The third kappa shape index (κ3) is 3.67. The minimum absolute atomic E-state index is 0.386. The average molecular weight is 228 g/mol. The maximum atomic E-state index is 11.0. The van der Waals surface area contributed by atoms with Crippen LogP contribution >= 0.6 is 11.3 Å². The third-order valence-electron chi connectivity index (χ3n) is 1.70. The maximum Gasteiger partial charge on any atom is 0.396 e. The lowest BCUT2D eigenvalue weighted by molar-refractivity contribution is -0.152. The molecule has 0 radical (unpaired) electrons. The van der Waals surface area contributed by atoms with E-state index in [0.29, 0.717) is 13.0 Å². The van der Waals surface area contributed by atoms with Crippen molar-refractivity contribution in [3.05, 3.63) is 16.1 Å². The Morgan fingerprint density at radius 2 is 2.33 bits per heavy atom. The van der Waals surface area contributed by atoms with Crippen molar-refractivity contribution in [1.82, 2.24) is 10.3 Å². The fourth-order valence-corrected chi connectivity index (χ4v) is 1.64. The Morgan fingerprint density at radius 1 is 1.60 bits per heavy atom. The smallest absolute Gasteiger partial charge is 0.396 e. The van der Waals surface area contributed by atoms with Gasteiger partial charge in [0.2, 0.25) is 0 Å². The van der Waals surface area contributed by atoms with Crippen LogP contribution in [0.25, 0.3) is 0 Å². The lowest BCUT2D eigenvalue weighted by Crippen LogP contribution is -2.33. The molecule has 0 aliphatic carbocycles. The van der Waals surface area contributed by atoms with Gasteiger partial charge < -0.3 is 10.1 Å². The molecule has 0 saturated heterocycles. The summed E-state index contributed by atoms with van der Waals surface area (Å²) in [5.41, 5.74) is 0.919. The first kappa shape index (κ1) is 11.6. The number of aryl methyl sites for hydroxylation is 1. The van der Waals surface area contributed by atoms with E-state index in [2.05, 4.69) is 15.0 Å². The molecule has 0 atom stereocenters. The van der Waals surface area contributed by atoms with Gasteiger partial charge in [0.25, 0.3) is 0 Å². The zero-order valence-corrected chi connectivity index (χ0v) is 9.39. The van der Waals surface area contributed by atoms with Crippen molar-refractivity contribution in [3.8, 4) is 0 Å². The van der Waals surface area contributed by atoms with Gasteiger partial charge in [0.1, 0.15) is 0 Å². The van der Waals surface area contributed by atoms with Crippen molar-refractivity contribution >= 4 is 23.2 Å². The third-order valence-corrected chi connectivity index (χ3v) is 2.53. The van der Waals surface area contributed by atoms with Crippen molar-refractivity contribution in [2.45, 2.75) is 13.3 Å². The van der Waals surface area contributed by atoms with E-state index in [9.17, 15) is 9.59 Å². The first-order valence-electron chi connectivity index (χ1n) is 4.40. The summed E-state index contributed by atoms with van der Waals surface area (Å²) in [6.45, 7) is 2.30. The Bertz CT molecular complexity index is 362. The summed E-state index contributed by atoms with van der Waals surface area (Å²) < 4.78 is 4.25. The number of thiazole rings is 1. The summed E-state index contributed by atoms with van der Waals surface area (Å²) in [6, 6.07) is 0. The molecule has 1 heterocycles. The minimum atomic E-state index is -0.871. The van der Waals surface area contributed by atoms with Crippen molar-refractivity contribution in [1.29, 1.82) is 0 Å². The number of carbonyl (C=O) groups excluding carboxylic acids is 2. The molecule has 15 heavy (non-hydrogen) atoms. The number of aromatic nitrogens is 1. The number of nitrogens with zero attached hydrogens (tertiary/aromatic N) is 1. The number of amides is 1. The van der Waals surface area contributed by atoms with E-state index in [1.807, 2.05) is 12.3 Å². The van der Waals surface area contributed by atoms with Crippen LogP contribution in [0.4, 0.5) is 0 Å². The highest BCUT2D eigenvalue weighted by molar-refractivity contribution is 7.09. The van der Waals surface area contributed by atoms with Gasteiger partial charge in [-0.25, -0.2) is 9.78 Å². The summed E-state index contributed by atoms with van der Waals surface area (Å²) in [5.74, 6) is -1.59. The van der Waals surface area contributed by atoms with Gasteiger partial charge in [0, 0.05) is 18.3 Å². The van der Waals surface area contributed by atoms with Gasteiger partial charge in [-0.3, -0.25) is 4.79 Å². The molecule has 1 amide bonds. The lowest BCUT2D eigenvalue weighted by atomic mass is 10.3. The van der Waals surface area contributed by atoms with Crippen LogP contribution in [-0.2, 0) is 20.7 Å². The van der Waals surface area contributed by atoms with Crippen molar-refractivity contribution in [3.63, 3.8) is 0 Å². The summed E-state index contributed by atoms with van der Waals surface area (Å²) in [4.78, 5) is 25.9. The Labute approximate surface area is 91.5 Å². The van der Waals surface area contributed by atoms with Crippen LogP contribution < -0.4 is 5.32 Å². The lowest BCUT2D eigenvalue weighted by Gasteiger charge is -2.01. The number of hydrogen-bond acceptors (Lipinski definition) is 5. The molecule has 1 N–H and O–H groups in total. The molecule has 0 aliphatic heterocycles. The molecule has 1 aromatic heterocycles. The predicted octanol–water partition coefficient (Wildman–Crippen LogP) is 0.283. The van der Waals surface area contributed by atoms with Gasteiger partial charge in [-0.05, 0) is 6.92 Å². The molecule has 1 aromatic rings. The van der Waals surface area contributed by atoms with E-state index in [0.717, 1.165) is 10.7 Å². The fraction of sp³-hybridized carbons (Fsp3) is 0.444. The number of rotatable bonds is 3. The maximum absolute atomic E-state index is 11.0. The van der Waals surface area contributed by atoms with Crippen molar-refractivity contribution in [2.24, 2.45) is 0 Å². The highest BCUT2D eigenvalue weighted by Crippen LogP contribution is 2.07. The summed E-state index contributed by atoms with van der Waals surface area (Å²) >= 11 is 1.56. The quantitative estimate of drug-likeness (QED) is 0.596. The molecule has 0 spiro atoms. The second-order valence-corrected chi connectivity index (χ2v) is 3.92. The fourth-order valence-electron chi connectivity index (χ4n) is 0.992. The standard InChI is InChI=1S/C9H12N2O3S/c1-6-11-7(5-15-6)3-4-10-8(12)9(13)14-2/h5H,3-4H2,1-2H3,(H,10,12). The number of carbonyl (C=O) groups is 2. The Morgan fingerprint density at radius 3 is 2.87 bits per heavy atom. The molecule has 6 heteroatoms. The van der Waals surface area contributed by atoms with Crippen LogP contribution in [0.15, 0.2) is 5.38 Å². The van der Waals surface area contributed by atoms with Crippen molar-refractivity contribution < 1.29 is 14.3 Å². The topological polar surface area (TPSA) is 68.3 Å². The zero-order chi connectivity index (χ0) is 11.3. The van der Waals surface area contributed by atoms with Gasteiger partial charge in [0.05, 0.1) is 17.8 Å². The van der Waals surface area contributed by atoms with Gasteiger partial charge in [-0.2, -0.15) is 0 Å². The molecular formula is C9H12N2O3S.